The second kappa shape index (κ2) is 3.44. The maximum absolute atomic E-state index is 4.32. The Labute approximate surface area is 78.0 Å². The summed E-state index contributed by atoms with van der Waals surface area (Å²) in [4.78, 5) is 4.32. The Balaban J connectivity index is 2.40. The van der Waals surface area contributed by atoms with E-state index >= 15 is 0 Å². The third kappa shape index (κ3) is 1.61. The molecule has 1 aromatic rings. The number of rotatable bonds is 1. The first-order valence-corrected chi connectivity index (χ1v) is 4.49. The van der Waals surface area contributed by atoms with Gasteiger partial charge in [-0.05, 0) is 24.6 Å². The first-order chi connectivity index (χ1) is 6.40. The van der Waals surface area contributed by atoms with Gasteiger partial charge in [-0.1, -0.05) is 19.1 Å². The van der Waals surface area contributed by atoms with Crippen LogP contribution in [-0.2, 0) is 0 Å². The fourth-order valence-electron chi connectivity index (χ4n) is 1.32. The smallest absolute Gasteiger partial charge is 0.0864 e. The van der Waals surface area contributed by atoms with Crippen molar-refractivity contribution in [2.45, 2.75) is 13.3 Å². The number of hydrogen-bond acceptors (Lipinski definition) is 2. The van der Waals surface area contributed by atoms with Crippen LogP contribution in [0.25, 0.3) is 0 Å². The number of fused-ring (bicyclic) bond motifs is 1. The monoisotopic (exact) mass is 172 g/mol. The highest BCUT2D eigenvalue weighted by molar-refractivity contribution is 5.83. The van der Waals surface area contributed by atoms with Gasteiger partial charge in [-0.3, -0.25) is 4.99 Å². The topological polar surface area (TPSA) is 24.4 Å². The van der Waals surface area contributed by atoms with Crippen molar-refractivity contribution in [2.24, 2.45) is 4.99 Å². The lowest BCUT2D eigenvalue weighted by Crippen LogP contribution is -1.96. The number of benzene rings is 1. The van der Waals surface area contributed by atoms with Gasteiger partial charge in [0.1, 0.15) is 0 Å². The van der Waals surface area contributed by atoms with E-state index in [1.54, 1.807) is 0 Å². The van der Waals surface area contributed by atoms with Crippen LogP contribution in [0.5, 0.6) is 0 Å². The van der Waals surface area contributed by atoms with Crippen molar-refractivity contribution in [3.8, 4) is 0 Å². The van der Waals surface area contributed by atoms with Crippen LogP contribution in [0.15, 0.2) is 41.0 Å². The van der Waals surface area contributed by atoms with Crippen molar-refractivity contribution < 1.29 is 0 Å². The van der Waals surface area contributed by atoms with Crippen molar-refractivity contribution in [1.82, 2.24) is 0 Å². The maximum Gasteiger partial charge on any atom is 0.0864 e. The number of anilines is 1. The predicted molar refractivity (Wildman–Crippen MR) is 56.6 cm³/mol. The van der Waals surface area contributed by atoms with Crippen molar-refractivity contribution in [3.05, 3.63) is 36.0 Å². The molecule has 0 aliphatic carbocycles. The molecule has 2 nitrogen and oxygen atoms in total. The highest BCUT2D eigenvalue weighted by atomic mass is 14.9. The van der Waals surface area contributed by atoms with Crippen molar-refractivity contribution in [3.63, 3.8) is 0 Å². The molecule has 0 saturated heterocycles. The van der Waals surface area contributed by atoms with E-state index < -0.39 is 0 Å². The van der Waals surface area contributed by atoms with Crippen LogP contribution >= 0.6 is 0 Å². The summed E-state index contributed by atoms with van der Waals surface area (Å²) in [6, 6.07) is 8.06. The van der Waals surface area contributed by atoms with Gasteiger partial charge in [0.2, 0.25) is 0 Å². The number of aliphatic imine (C=N–C) groups is 1. The average Bonchev–Trinajstić information content (AvgIpc) is 2.38. The zero-order valence-electron chi connectivity index (χ0n) is 7.62. The van der Waals surface area contributed by atoms with E-state index in [0.717, 1.165) is 17.8 Å². The lowest BCUT2D eigenvalue weighted by atomic mass is 10.2. The average molecular weight is 172 g/mol. The van der Waals surface area contributed by atoms with Crippen LogP contribution in [0, 0.1) is 0 Å². The largest absolute Gasteiger partial charge is 0.357 e. The van der Waals surface area contributed by atoms with Crippen molar-refractivity contribution in [2.75, 3.05) is 5.32 Å². The third-order valence-corrected chi connectivity index (χ3v) is 2.07. The minimum absolute atomic E-state index is 1.00. The highest BCUT2D eigenvalue weighted by Gasteiger charge is 2.02. The number of nitrogens with zero attached hydrogens (tertiary/aromatic N) is 1. The molecule has 13 heavy (non-hydrogen) atoms. The molecule has 1 heterocycles. The van der Waals surface area contributed by atoms with Crippen LogP contribution in [0.1, 0.15) is 13.3 Å². The Hall–Kier alpha value is -1.57. The molecule has 2 rings (SSSR count). The quantitative estimate of drug-likeness (QED) is 0.691. The Bertz CT molecular complexity index is 364. The fraction of sp³-hybridized carbons (Fsp3) is 0.182. The number of para-hydroxylation sites is 2. The third-order valence-electron chi connectivity index (χ3n) is 2.07. The zero-order valence-corrected chi connectivity index (χ0v) is 7.62. The lowest BCUT2D eigenvalue weighted by molar-refractivity contribution is 1.11. The van der Waals surface area contributed by atoms with Gasteiger partial charge in [0.15, 0.2) is 0 Å². The minimum Gasteiger partial charge on any atom is -0.357 e. The number of nitrogens with one attached hydrogen (secondary N) is 1. The van der Waals surface area contributed by atoms with Crippen molar-refractivity contribution >= 4 is 17.6 Å². The summed E-state index contributed by atoms with van der Waals surface area (Å²) in [5, 5.41) is 3.35. The summed E-state index contributed by atoms with van der Waals surface area (Å²) in [6.45, 7) is 2.13. The van der Waals surface area contributed by atoms with Crippen LogP contribution in [0.2, 0.25) is 0 Å². The van der Waals surface area contributed by atoms with Gasteiger partial charge in [-0.15, -0.1) is 0 Å². The molecular formula is C11H12N2. The normalized spacial score (nSPS) is 14.1. The molecule has 1 aliphatic rings. The molecular weight excluding hydrogens is 160 g/mol. The molecule has 1 aromatic carbocycles. The van der Waals surface area contributed by atoms with Gasteiger partial charge in [-0.25, -0.2) is 0 Å². The second-order valence-electron chi connectivity index (χ2n) is 2.97. The zero-order chi connectivity index (χ0) is 9.10. The molecule has 0 saturated carbocycles. The molecule has 2 heteroatoms. The van der Waals surface area contributed by atoms with E-state index in [-0.39, 0.29) is 0 Å². The molecule has 0 aromatic heterocycles. The molecule has 0 atom stereocenters. The summed E-state index contributed by atoms with van der Waals surface area (Å²) in [6.07, 6.45) is 4.86. The summed E-state index contributed by atoms with van der Waals surface area (Å²) in [7, 11) is 0. The molecule has 0 radical (unpaired) electrons. The van der Waals surface area contributed by atoms with Crippen molar-refractivity contribution in [1.29, 1.82) is 0 Å². The summed E-state index contributed by atoms with van der Waals surface area (Å²) in [5.74, 6) is 0. The molecule has 0 amide bonds. The van der Waals surface area contributed by atoms with Gasteiger partial charge in [0.25, 0.3) is 0 Å². The van der Waals surface area contributed by atoms with E-state index in [0.29, 0.717) is 0 Å². The molecule has 0 unspecified atom stereocenters. The molecule has 0 bridgehead atoms. The standard InChI is InChI=1S/C11H12N2/c1-2-9-7-8-12-10-5-3-4-6-11(10)13-9/h3-8,13H,2H2,1H3. The summed E-state index contributed by atoms with van der Waals surface area (Å²) in [5.41, 5.74) is 3.29. The van der Waals surface area contributed by atoms with Gasteiger partial charge in [-0.2, -0.15) is 0 Å². The van der Waals surface area contributed by atoms with E-state index in [1.807, 2.05) is 36.6 Å². The van der Waals surface area contributed by atoms with Gasteiger partial charge in [0, 0.05) is 11.9 Å². The summed E-state index contributed by atoms with van der Waals surface area (Å²) >= 11 is 0. The van der Waals surface area contributed by atoms with E-state index in [2.05, 4.69) is 17.2 Å². The van der Waals surface area contributed by atoms with E-state index in [1.165, 1.54) is 5.70 Å². The Morgan fingerprint density at radius 2 is 2.15 bits per heavy atom. The van der Waals surface area contributed by atoms with E-state index in [9.17, 15) is 0 Å². The predicted octanol–water partition coefficient (Wildman–Crippen LogP) is 3.11. The molecule has 1 aliphatic heterocycles. The second-order valence-corrected chi connectivity index (χ2v) is 2.97. The number of allylic oxidation sites excluding steroid dienone is 2. The highest BCUT2D eigenvalue weighted by Crippen LogP contribution is 2.27. The number of hydrogen-bond donors (Lipinski definition) is 1. The lowest BCUT2D eigenvalue weighted by Gasteiger charge is -2.07. The van der Waals surface area contributed by atoms with Crippen LogP contribution in [0.3, 0.4) is 0 Å². The molecule has 66 valence electrons. The Morgan fingerprint density at radius 3 is 3.00 bits per heavy atom. The van der Waals surface area contributed by atoms with Gasteiger partial charge < -0.3 is 5.32 Å². The van der Waals surface area contributed by atoms with Crippen LogP contribution in [0.4, 0.5) is 11.4 Å². The first-order valence-electron chi connectivity index (χ1n) is 4.49. The fourth-order valence-corrected chi connectivity index (χ4v) is 1.32. The van der Waals surface area contributed by atoms with Gasteiger partial charge >= 0.3 is 0 Å². The summed E-state index contributed by atoms with van der Waals surface area (Å²) < 4.78 is 0. The molecule has 0 fully saturated rings. The SMILES string of the molecule is CCC1=CC=Nc2ccccc2N1. The molecule has 0 spiro atoms. The van der Waals surface area contributed by atoms with Crippen LogP contribution in [-0.4, -0.2) is 6.21 Å². The minimum atomic E-state index is 1.00. The Kier molecular flexibility index (Phi) is 2.13. The first kappa shape index (κ1) is 8.05. The van der Waals surface area contributed by atoms with E-state index in [4.69, 9.17) is 0 Å². The maximum atomic E-state index is 4.32. The van der Waals surface area contributed by atoms with Gasteiger partial charge in [0.05, 0.1) is 11.4 Å². The molecule has 1 N–H and O–H groups in total. The Morgan fingerprint density at radius 1 is 1.31 bits per heavy atom. The van der Waals surface area contributed by atoms with Crippen LogP contribution < -0.4 is 5.32 Å².